The van der Waals surface area contributed by atoms with Crippen LogP contribution in [0.5, 0.6) is 5.75 Å². The monoisotopic (exact) mass is 389 g/mol. The summed E-state index contributed by atoms with van der Waals surface area (Å²) in [6.45, 7) is 3.80. The number of amides is 3. The summed E-state index contributed by atoms with van der Waals surface area (Å²) in [6, 6.07) is 5.83. The summed E-state index contributed by atoms with van der Waals surface area (Å²) in [6.07, 6.45) is 0. The van der Waals surface area contributed by atoms with Gasteiger partial charge in [-0.3, -0.25) is 4.79 Å². The highest BCUT2D eigenvalue weighted by Crippen LogP contribution is 2.28. The molecule has 28 heavy (non-hydrogen) atoms. The number of esters is 1. The Kier molecular flexibility index (Phi) is 6.15. The maximum absolute atomic E-state index is 12.1. The summed E-state index contributed by atoms with van der Waals surface area (Å²) in [5.41, 5.74) is 1.47. The van der Waals surface area contributed by atoms with Crippen molar-refractivity contribution in [1.82, 2.24) is 15.5 Å². The van der Waals surface area contributed by atoms with Gasteiger partial charge in [-0.15, -0.1) is 0 Å². The lowest BCUT2D eigenvalue weighted by molar-refractivity contribution is -0.137. The third-order valence-corrected chi connectivity index (χ3v) is 4.61. The number of carbonyl (C=O) groups is 3. The highest BCUT2D eigenvalue weighted by atomic mass is 16.5. The fourth-order valence-electron chi connectivity index (χ4n) is 3.13. The molecule has 3 rings (SSSR count). The molecule has 1 saturated heterocycles. The molecule has 0 radical (unpaired) electrons. The highest BCUT2D eigenvalue weighted by Gasteiger charge is 2.31. The maximum atomic E-state index is 12.1. The topological polar surface area (TPSA) is 106 Å². The Morgan fingerprint density at radius 1 is 1.21 bits per heavy atom. The van der Waals surface area contributed by atoms with Gasteiger partial charge < -0.3 is 29.7 Å². The van der Waals surface area contributed by atoms with E-state index in [9.17, 15) is 14.4 Å². The summed E-state index contributed by atoms with van der Waals surface area (Å²) >= 11 is 0. The fraction of sp³-hybridized carbons (Fsp3) is 0.421. The molecule has 2 aliphatic heterocycles. The first-order valence-corrected chi connectivity index (χ1v) is 8.94. The summed E-state index contributed by atoms with van der Waals surface area (Å²) in [7, 11) is 1.29. The van der Waals surface area contributed by atoms with Crippen LogP contribution in [0.1, 0.15) is 18.5 Å². The van der Waals surface area contributed by atoms with Crippen LogP contribution in [0.25, 0.3) is 0 Å². The molecule has 0 saturated carbocycles. The van der Waals surface area contributed by atoms with Gasteiger partial charge in [0, 0.05) is 18.8 Å². The number of nitrogens with zero attached hydrogens (tertiary/aromatic N) is 1. The van der Waals surface area contributed by atoms with Gasteiger partial charge in [-0.1, -0.05) is 12.1 Å². The van der Waals surface area contributed by atoms with Crippen LogP contribution in [0.15, 0.2) is 35.5 Å². The second-order valence-electron chi connectivity index (χ2n) is 6.41. The van der Waals surface area contributed by atoms with Gasteiger partial charge in [0.15, 0.2) is 6.61 Å². The third-order valence-electron chi connectivity index (χ3n) is 4.61. The molecule has 0 aromatic heterocycles. The van der Waals surface area contributed by atoms with E-state index in [1.807, 2.05) is 0 Å². The predicted molar refractivity (Wildman–Crippen MR) is 98.5 cm³/mol. The molecule has 1 aromatic rings. The second-order valence-corrected chi connectivity index (χ2v) is 6.41. The lowest BCUT2D eigenvalue weighted by Crippen LogP contribution is -2.45. The van der Waals surface area contributed by atoms with Crippen molar-refractivity contribution in [2.45, 2.75) is 13.0 Å². The molecule has 9 nitrogen and oxygen atoms in total. The van der Waals surface area contributed by atoms with Crippen LogP contribution in [0.3, 0.4) is 0 Å². The third kappa shape index (κ3) is 4.42. The van der Waals surface area contributed by atoms with Crippen molar-refractivity contribution in [1.29, 1.82) is 0 Å². The first-order chi connectivity index (χ1) is 13.5. The number of benzene rings is 1. The number of urea groups is 1. The molecule has 2 N–H and O–H groups in total. The van der Waals surface area contributed by atoms with Gasteiger partial charge in [0.05, 0.1) is 31.9 Å². The van der Waals surface area contributed by atoms with Crippen molar-refractivity contribution in [3.8, 4) is 5.75 Å². The van der Waals surface area contributed by atoms with Gasteiger partial charge >= 0.3 is 12.0 Å². The van der Waals surface area contributed by atoms with Crippen LogP contribution in [0.4, 0.5) is 4.79 Å². The average molecular weight is 389 g/mol. The Morgan fingerprint density at radius 2 is 1.89 bits per heavy atom. The van der Waals surface area contributed by atoms with Gasteiger partial charge in [0.25, 0.3) is 5.91 Å². The number of hydrogen-bond donors (Lipinski definition) is 2. The van der Waals surface area contributed by atoms with Crippen molar-refractivity contribution < 1.29 is 28.6 Å². The van der Waals surface area contributed by atoms with Gasteiger partial charge in [0.2, 0.25) is 0 Å². The predicted octanol–water partition coefficient (Wildman–Crippen LogP) is 0.725. The minimum Gasteiger partial charge on any atom is -0.484 e. The molecule has 150 valence electrons. The van der Waals surface area contributed by atoms with Gasteiger partial charge in [0.1, 0.15) is 5.75 Å². The SMILES string of the molecule is COC(=O)C1=C(C)NC(=O)N[C@@H]1c1ccc(OCC(=O)N2CCOCC2)cc1. The Labute approximate surface area is 162 Å². The molecule has 2 aliphatic rings. The first kappa shape index (κ1) is 19.7. The van der Waals surface area contributed by atoms with E-state index in [2.05, 4.69) is 10.6 Å². The molecule has 1 aromatic carbocycles. The lowest BCUT2D eigenvalue weighted by Gasteiger charge is -2.28. The number of ether oxygens (including phenoxy) is 3. The standard InChI is InChI=1S/C19H23N3O6/c1-12-16(18(24)26-2)17(21-19(25)20-12)13-3-5-14(6-4-13)28-11-15(23)22-7-9-27-10-8-22/h3-6,17H,7-11H2,1-2H3,(H2,20,21,25)/t17-/m1/s1. The summed E-state index contributed by atoms with van der Waals surface area (Å²) < 4.78 is 15.6. The van der Waals surface area contributed by atoms with Crippen LogP contribution in [0.2, 0.25) is 0 Å². The summed E-state index contributed by atoms with van der Waals surface area (Å²) in [4.78, 5) is 37.8. The summed E-state index contributed by atoms with van der Waals surface area (Å²) in [5.74, 6) is -0.0955. The van der Waals surface area contributed by atoms with Crippen molar-refractivity contribution in [3.63, 3.8) is 0 Å². The van der Waals surface area contributed by atoms with E-state index in [0.29, 0.717) is 48.9 Å². The van der Waals surface area contributed by atoms with E-state index < -0.39 is 18.0 Å². The fourth-order valence-corrected chi connectivity index (χ4v) is 3.13. The summed E-state index contributed by atoms with van der Waals surface area (Å²) in [5, 5.41) is 5.29. The Bertz CT molecular complexity index is 783. The van der Waals surface area contributed by atoms with Crippen LogP contribution >= 0.6 is 0 Å². The Morgan fingerprint density at radius 3 is 2.54 bits per heavy atom. The highest BCUT2D eigenvalue weighted by molar-refractivity contribution is 5.94. The molecular formula is C19H23N3O6. The maximum Gasteiger partial charge on any atom is 0.337 e. The number of morpholine rings is 1. The minimum absolute atomic E-state index is 0.0597. The van der Waals surface area contributed by atoms with Crippen LogP contribution in [0, 0.1) is 0 Å². The van der Waals surface area contributed by atoms with Gasteiger partial charge in [-0.2, -0.15) is 0 Å². The Balaban J connectivity index is 1.67. The lowest BCUT2D eigenvalue weighted by atomic mass is 9.95. The first-order valence-electron chi connectivity index (χ1n) is 8.94. The number of methoxy groups -OCH3 is 1. The Hall–Kier alpha value is -3.07. The smallest absolute Gasteiger partial charge is 0.337 e. The van der Waals surface area contributed by atoms with Crippen molar-refractivity contribution in [3.05, 3.63) is 41.1 Å². The van der Waals surface area contributed by atoms with Gasteiger partial charge in [-0.25, -0.2) is 9.59 Å². The number of allylic oxidation sites excluding steroid dienone is 1. The quantitative estimate of drug-likeness (QED) is 0.719. The van der Waals surface area contributed by atoms with E-state index >= 15 is 0 Å². The zero-order chi connectivity index (χ0) is 20.1. The molecule has 0 bridgehead atoms. The van der Waals surface area contributed by atoms with Crippen molar-refractivity contribution >= 4 is 17.9 Å². The molecule has 1 fully saturated rings. The zero-order valence-corrected chi connectivity index (χ0v) is 15.8. The van der Waals surface area contributed by atoms with Crippen LogP contribution < -0.4 is 15.4 Å². The largest absolute Gasteiger partial charge is 0.484 e. The minimum atomic E-state index is -0.634. The van der Waals surface area contributed by atoms with E-state index in [1.165, 1.54) is 7.11 Å². The molecule has 1 atom stereocenters. The number of nitrogens with one attached hydrogen (secondary N) is 2. The zero-order valence-electron chi connectivity index (χ0n) is 15.8. The average Bonchev–Trinajstić information content (AvgIpc) is 2.72. The second kappa shape index (κ2) is 8.75. The number of rotatable bonds is 5. The van der Waals surface area contributed by atoms with Crippen LogP contribution in [-0.2, 0) is 19.1 Å². The van der Waals surface area contributed by atoms with Gasteiger partial charge in [-0.05, 0) is 24.6 Å². The molecule has 3 amide bonds. The van der Waals surface area contributed by atoms with Crippen molar-refractivity contribution in [2.24, 2.45) is 0 Å². The molecule has 9 heteroatoms. The number of carbonyl (C=O) groups excluding carboxylic acids is 3. The van der Waals surface area contributed by atoms with E-state index in [-0.39, 0.29) is 12.5 Å². The molecule has 2 heterocycles. The molecule has 0 aliphatic carbocycles. The normalized spacial score (nSPS) is 19.6. The van der Waals surface area contributed by atoms with E-state index in [0.717, 1.165) is 0 Å². The van der Waals surface area contributed by atoms with Crippen LogP contribution in [-0.4, -0.2) is 62.8 Å². The number of hydrogen-bond acceptors (Lipinski definition) is 6. The van der Waals surface area contributed by atoms with Crippen molar-refractivity contribution in [2.75, 3.05) is 40.0 Å². The molecular weight excluding hydrogens is 366 g/mol. The van der Waals surface area contributed by atoms with E-state index in [1.54, 1.807) is 36.1 Å². The molecule has 0 spiro atoms. The van der Waals surface area contributed by atoms with E-state index in [4.69, 9.17) is 14.2 Å². The molecule has 0 unspecified atom stereocenters.